The van der Waals surface area contributed by atoms with Crippen LogP contribution in [0, 0.1) is 0 Å². The first kappa shape index (κ1) is 17.8. The molecule has 0 radical (unpaired) electrons. The average Bonchev–Trinajstić information content (AvgIpc) is 2.43. The number of hydrogen-bond donors (Lipinski definition) is 1. The summed E-state index contributed by atoms with van der Waals surface area (Å²) in [6.45, 7) is 5.36. The lowest BCUT2D eigenvalue weighted by Crippen LogP contribution is -2.27. The van der Waals surface area contributed by atoms with Crippen LogP contribution in [0.25, 0.3) is 0 Å². The molecule has 1 aromatic carbocycles. The monoisotopic (exact) mass is 309 g/mol. The van der Waals surface area contributed by atoms with Crippen LogP contribution in [0.3, 0.4) is 0 Å². The Morgan fingerprint density at radius 3 is 2.41 bits per heavy atom. The number of carbonyl (C=O) groups is 2. The fourth-order valence-electron chi connectivity index (χ4n) is 1.87. The summed E-state index contributed by atoms with van der Waals surface area (Å²) < 4.78 is 15.2. The second-order valence-corrected chi connectivity index (χ2v) is 5.69. The smallest absolute Gasteiger partial charge is 0.412 e. The molecule has 0 bridgehead atoms. The van der Waals surface area contributed by atoms with Crippen LogP contribution in [0.15, 0.2) is 18.2 Å². The van der Waals surface area contributed by atoms with E-state index in [-0.39, 0.29) is 12.4 Å². The molecule has 0 heterocycles. The number of benzene rings is 1. The third-order valence-electron chi connectivity index (χ3n) is 2.80. The maximum Gasteiger partial charge on any atom is 0.412 e. The van der Waals surface area contributed by atoms with Crippen molar-refractivity contribution in [2.24, 2.45) is 0 Å². The molecular weight excluding hydrogens is 286 g/mol. The molecule has 0 unspecified atom stereocenters. The first-order valence-electron chi connectivity index (χ1n) is 6.99. The third-order valence-corrected chi connectivity index (χ3v) is 2.80. The summed E-state index contributed by atoms with van der Waals surface area (Å²) in [6.07, 6.45) is 0.0295. The Hall–Kier alpha value is -2.24. The highest BCUT2D eigenvalue weighted by Crippen LogP contribution is 2.28. The van der Waals surface area contributed by atoms with Crippen molar-refractivity contribution in [3.05, 3.63) is 23.8 Å². The van der Waals surface area contributed by atoms with E-state index in [1.807, 2.05) is 0 Å². The molecule has 122 valence electrons. The number of esters is 1. The first-order valence-corrected chi connectivity index (χ1v) is 6.99. The van der Waals surface area contributed by atoms with Crippen molar-refractivity contribution in [2.45, 2.75) is 39.2 Å². The zero-order valence-electron chi connectivity index (χ0n) is 13.7. The van der Waals surface area contributed by atoms with Crippen molar-refractivity contribution < 1.29 is 23.8 Å². The molecule has 6 heteroatoms. The van der Waals surface area contributed by atoms with Crippen molar-refractivity contribution in [1.82, 2.24) is 0 Å². The van der Waals surface area contributed by atoms with Crippen LogP contribution in [0.4, 0.5) is 10.5 Å². The van der Waals surface area contributed by atoms with E-state index >= 15 is 0 Å². The Labute approximate surface area is 130 Å². The first-order chi connectivity index (χ1) is 10.3. The Balaban J connectivity index is 2.93. The number of rotatable bonds is 5. The van der Waals surface area contributed by atoms with E-state index in [4.69, 9.17) is 9.47 Å². The predicted octanol–water partition coefficient (Wildman–Crippen LogP) is 3.15. The van der Waals surface area contributed by atoms with Gasteiger partial charge in [0, 0.05) is 12.0 Å². The maximum atomic E-state index is 11.9. The van der Waals surface area contributed by atoms with Crippen molar-refractivity contribution in [3.8, 4) is 5.75 Å². The fraction of sp³-hybridized carbons (Fsp3) is 0.500. The number of methoxy groups -OCH3 is 2. The van der Waals surface area contributed by atoms with Gasteiger partial charge in [-0.3, -0.25) is 10.1 Å². The standard InChI is InChI=1S/C16H23NO5/c1-16(2,3)22-15(19)17-12-7-6-8-13(20-4)11(12)9-10-14(18)21-5/h6-8H,9-10H2,1-5H3,(H,17,19). The third kappa shape index (κ3) is 5.63. The second kappa shape index (κ2) is 7.68. The highest BCUT2D eigenvalue weighted by molar-refractivity contribution is 5.86. The summed E-state index contributed by atoms with van der Waals surface area (Å²) in [5, 5.41) is 2.69. The summed E-state index contributed by atoms with van der Waals surface area (Å²) in [5.74, 6) is 0.270. The molecule has 6 nitrogen and oxygen atoms in total. The van der Waals surface area contributed by atoms with E-state index in [9.17, 15) is 9.59 Å². The number of hydrogen-bond acceptors (Lipinski definition) is 5. The molecule has 0 saturated heterocycles. The van der Waals surface area contributed by atoms with Gasteiger partial charge in [-0.25, -0.2) is 4.79 Å². The molecule has 0 aliphatic rings. The van der Waals surface area contributed by atoms with Gasteiger partial charge in [-0.1, -0.05) is 6.07 Å². The fourth-order valence-corrected chi connectivity index (χ4v) is 1.87. The summed E-state index contributed by atoms with van der Waals surface area (Å²) >= 11 is 0. The zero-order chi connectivity index (χ0) is 16.8. The largest absolute Gasteiger partial charge is 0.496 e. The lowest BCUT2D eigenvalue weighted by atomic mass is 10.1. The minimum atomic E-state index is -0.588. The van der Waals surface area contributed by atoms with Crippen molar-refractivity contribution in [1.29, 1.82) is 0 Å². The number of ether oxygens (including phenoxy) is 3. The number of carbonyl (C=O) groups excluding carboxylic acids is 2. The molecule has 0 spiro atoms. The molecule has 0 aromatic heterocycles. The van der Waals surface area contributed by atoms with E-state index in [2.05, 4.69) is 10.1 Å². The van der Waals surface area contributed by atoms with Crippen LogP contribution >= 0.6 is 0 Å². The van der Waals surface area contributed by atoms with Crippen LogP contribution in [-0.2, 0) is 20.7 Å². The zero-order valence-corrected chi connectivity index (χ0v) is 13.7. The quantitative estimate of drug-likeness (QED) is 0.846. The SMILES string of the molecule is COC(=O)CCc1c(NC(=O)OC(C)(C)C)cccc1OC. The number of anilines is 1. The van der Waals surface area contributed by atoms with Gasteiger partial charge in [0.05, 0.1) is 19.9 Å². The van der Waals surface area contributed by atoms with Gasteiger partial charge in [-0.05, 0) is 39.3 Å². The van der Waals surface area contributed by atoms with Gasteiger partial charge < -0.3 is 14.2 Å². The van der Waals surface area contributed by atoms with Gasteiger partial charge in [-0.2, -0.15) is 0 Å². The van der Waals surface area contributed by atoms with Crippen LogP contribution in [0.2, 0.25) is 0 Å². The highest BCUT2D eigenvalue weighted by Gasteiger charge is 2.18. The molecule has 1 rings (SSSR count). The van der Waals surface area contributed by atoms with Crippen molar-refractivity contribution in [3.63, 3.8) is 0 Å². The van der Waals surface area contributed by atoms with Gasteiger partial charge in [0.2, 0.25) is 0 Å². The molecule has 22 heavy (non-hydrogen) atoms. The second-order valence-electron chi connectivity index (χ2n) is 5.69. The molecule has 1 amide bonds. The minimum Gasteiger partial charge on any atom is -0.496 e. The lowest BCUT2D eigenvalue weighted by Gasteiger charge is -2.21. The molecule has 0 atom stereocenters. The maximum absolute atomic E-state index is 11.9. The number of nitrogens with one attached hydrogen (secondary N) is 1. The van der Waals surface area contributed by atoms with Gasteiger partial charge in [0.15, 0.2) is 0 Å². The van der Waals surface area contributed by atoms with Crippen LogP contribution in [0.5, 0.6) is 5.75 Å². The Morgan fingerprint density at radius 2 is 1.86 bits per heavy atom. The molecule has 1 aromatic rings. The molecule has 1 N–H and O–H groups in total. The van der Waals surface area contributed by atoms with E-state index in [1.165, 1.54) is 14.2 Å². The summed E-state index contributed by atoms with van der Waals surface area (Å²) in [4.78, 5) is 23.2. The van der Waals surface area contributed by atoms with Crippen molar-refractivity contribution >= 4 is 17.7 Å². The van der Waals surface area contributed by atoms with Gasteiger partial charge in [0.1, 0.15) is 11.4 Å². The Bertz CT molecular complexity index is 534. The summed E-state index contributed by atoms with van der Waals surface area (Å²) in [5.41, 5.74) is 0.688. The minimum absolute atomic E-state index is 0.194. The lowest BCUT2D eigenvalue weighted by molar-refractivity contribution is -0.140. The van der Waals surface area contributed by atoms with E-state index in [0.717, 1.165) is 5.56 Å². The average molecular weight is 309 g/mol. The van der Waals surface area contributed by atoms with Gasteiger partial charge in [0.25, 0.3) is 0 Å². The van der Waals surface area contributed by atoms with Gasteiger partial charge >= 0.3 is 12.1 Å². The number of amides is 1. The molecule has 0 aliphatic carbocycles. The molecular formula is C16H23NO5. The topological polar surface area (TPSA) is 73.9 Å². The Morgan fingerprint density at radius 1 is 1.18 bits per heavy atom. The predicted molar refractivity (Wildman–Crippen MR) is 83.2 cm³/mol. The van der Waals surface area contributed by atoms with E-state index < -0.39 is 11.7 Å². The molecule has 0 aliphatic heterocycles. The summed E-state index contributed by atoms with van der Waals surface area (Å²) in [6, 6.07) is 5.26. The molecule has 0 saturated carbocycles. The van der Waals surface area contributed by atoms with Crippen LogP contribution < -0.4 is 10.1 Å². The highest BCUT2D eigenvalue weighted by atomic mass is 16.6. The van der Waals surface area contributed by atoms with Crippen LogP contribution in [-0.4, -0.2) is 31.9 Å². The van der Waals surface area contributed by atoms with Gasteiger partial charge in [-0.15, -0.1) is 0 Å². The Kier molecular flexibility index (Phi) is 6.22. The molecule has 0 fully saturated rings. The van der Waals surface area contributed by atoms with E-state index in [0.29, 0.717) is 17.9 Å². The summed E-state index contributed by atoms with van der Waals surface area (Å²) in [7, 11) is 2.87. The van der Waals surface area contributed by atoms with E-state index in [1.54, 1.807) is 39.0 Å². The normalized spacial score (nSPS) is 10.8. The van der Waals surface area contributed by atoms with Crippen LogP contribution in [0.1, 0.15) is 32.8 Å². The van der Waals surface area contributed by atoms with Crippen molar-refractivity contribution in [2.75, 3.05) is 19.5 Å².